The number of aromatic nitrogens is 4. The smallest absolute Gasteiger partial charge is 0.331 e. The third-order valence-corrected chi connectivity index (χ3v) is 7.03. The van der Waals surface area contributed by atoms with Crippen LogP contribution in [0.4, 0.5) is 5.95 Å². The number of hydrogen-bond donors (Lipinski definition) is 1. The predicted molar refractivity (Wildman–Crippen MR) is 134 cm³/mol. The van der Waals surface area contributed by atoms with Crippen molar-refractivity contribution in [1.82, 2.24) is 18.7 Å². The van der Waals surface area contributed by atoms with Gasteiger partial charge in [0, 0.05) is 24.7 Å². The van der Waals surface area contributed by atoms with Crippen LogP contribution < -0.4 is 21.0 Å². The molecule has 0 atom stereocenters. The third kappa shape index (κ3) is 4.03. The summed E-state index contributed by atoms with van der Waals surface area (Å²) in [5, 5.41) is 0.633. The Morgan fingerprint density at radius 3 is 2.32 bits per heavy atom. The van der Waals surface area contributed by atoms with Gasteiger partial charge < -0.3 is 9.80 Å². The molecule has 1 N–H and O–H groups in total. The van der Waals surface area contributed by atoms with Crippen LogP contribution >= 0.6 is 11.6 Å². The number of aryl methyl sites for hydroxylation is 1. The molecule has 0 bridgehead atoms. The van der Waals surface area contributed by atoms with E-state index in [0.29, 0.717) is 28.7 Å². The van der Waals surface area contributed by atoms with Crippen molar-refractivity contribution in [2.75, 3.05) is 31.1 Å². The normalized spacial score (nSPS) is 14.7. The van der Waals surface area contributed by atoms with Gasteiger partial charge in [0.05, 0.1) is 32.7 Å². The van der Waals surface area contributed by atoms with Gasteiger partial charge in [-0.1, -0.05) is 60.1 Å². The Kier molecular flexibility index (Phi) is 6.02. The number of fused-ring (bicyclic) bond motifs is 1. The summed E-state index contributed by atoms with van der Waals surface area (Å²) in [5.74, 6) is 0.701. The maximum absolute atomic E-state index is 13.2. The second-order valence-corrected chi connectivity index (χ2v) is 9.27. The number of nitrogens with one attached hydrogen (secondary N) is 1. The van der Waals surface area contributed by atoms with Crippen LogP contribution in [0.25, 0.3) is 11.2 Å². The molecule has 0 radical (unpaired) electrons. The van der Waals surface area contributed by atoms with Crippen LogP contribution in [0.3, 0.4) is 0 Å². The van der Waals surface area contributed by atoms with Crippen molar-refractivity contribution in [2.45, 2.75) is 13.1 Å². The molecule has 4 aromatic rings. The molecule has 1 fully saturated rings. The zero-order valence-corrected chi connectivity index (χ0v) is 20.1. The molecule has 2 aromatic heterocycles. The lowest BCUT2D eigenvalue weighted by Crippen LogP contribution is -3.13. The molecule has 5 rings (SSSR count). The number of quaternary nitrogens is 1. The number of halogens is 1. The standard InChI is InChI=1S/C25H27ClN6O2/c1-28-22-21(23(33)29(2)25(28)34)32(17-19-10-6-7-11-20(19)26)24(27-22)31-14-12-30(13-15-31)16-18-8-4-3-5-9-18/h3-11H,12-17H2,1-2H3/p+1. The zero-order chi connectivity index (χ0) is 23.8. The Labute approximate surface area is 202 Å². The molecule has 8 nitrogen and oxygen atoms in total. The summed E-state index contributed by atoms with van der Waals surface area (Å²) in [6, 6.07) is 18.1. The number of anilines is 1. The second kappa shape index (κ2) is 9.12. The van der Waals surface area contributed by atoms with Crippen LogP contribution in [0.15, 0.2) is 64.2 Å². The topological polar surface area (TPSA) is 69.5 Å². The number of imidazole rings is 1. The van der Waals surface area contributed by atoms with Crippen molar-refractivity contribution >= 4 is 28.7 Å². The van der Waals surface area contributed by atoms with Crippen molar-refractivity contribution in [3.05, 3.63) is 91.6 Å². The summed E-state index contributed by atoms with van der Waals surface area (Å²) < 4.78 is 4.50. The molecule has 2 aromatic carbocycles. The average molecular weight is 480 g/mol. The SMILES string of the molecule is Cn1c(=O)c2c(nc(N3CC[NH+](Cc4ccccc4)CC3)n2Cc2ccccc2Cl)n(C)c1=O. The Morgan fingerprint density at radius 2 is 1.62 bits per heavy atom. The lowest BCUT2D eigenvalue weighted by atomic mass is 10.2. The van der Waals surface area contributed by atoms with Crippen LogP contribution in [0, 0.1) is 0 Å². The molecular formula is C25H28ClN6O2+. The summed E-state index contributed by atoms with van der Waals surface area (Å²) in [5.41, 5.74) is 2.30. The second-order valence-electron chi connectivity index (χ2n) is 8.87. The monoisotopic (exact) mass is 479 g/mol. The Morgan fingerprint density at radius 1 is 0.941 bits per heavy atom. The van der Waals surface area contributed by atoms with Gasteiger partial charge in [-0.15, -0.1) is 0 Å². The minimum atomic E-state index is -0.386. The first-order valence-electron chi connectivity index (χ1n) is 11.5. The van der Waals surface area contributed by atoms with Gasteiger partial charge in [-0.25, -0.2) is 4.79 Å². The highest BCUT2D eigenvalue weighted by Crippen LogP contribution is 2.24. The maximum Gasteiger partial charge on any atom is 0.332 e. The van der Waals surface area contributed by atoms with E-state index in [9.17, 15) is 9.59 Å². The van der Waals surface area contributed by atoms with Crippen LogP contribution in [-0.2, 0) is 27.2 Å². The van der Waals surface area contributed by atoms with Crippen LogP contribution in [0.1, 0.15) is 11.1 Å². The fourth-order valence-corrected chi connectivity index (χ4v) is 4.90. The Bertz CT molecular complexity index is 1450. The summed E-state index contributed by atoms with van der Waals surface area (Å²) in [4.78, 5) is 34.3. The van der Waals surface area contributed by atoms with Gasteiger partial charge >= 0.3 is 5.69 Å². The van der Waals surface area contributed by atoms with Crippen molar-refractivity contribution in [2.24, 2.45) is 14.1 Å². The molecule has 1 aliphatic rings. The fraction of sp³-hybridized carbons (Fsp3) is 0.320. The van der Waals surface area contributed by atoms with Crippen LogP contribution in [0.2, 0.25) is 5.02 Å². The fourth-order valence-electron chi connectivity index (χ4n) is 4.71. The lowest BCUT2D eigenvalue weighted by Gasteiger charge is -2.33. The van der Waals surface area contributed by atoms with Crippen molar-refractivity contribution < 1.29 is 4.90 Å². The lowest BCUT2D eigenvalue weighted by molar-refractivity contribution is -0.914. The van der Waals surface area contributed by atoms with Gasteiger partial charge in [0.2, 0.25) is 5.95 Å². The molecule has 0 spiro atoms. The molecule has 1 saturated heterocycles. The van der Waals surface area contributed by atoms with E-state index in [1.807, 2.05) is 34.9 Å². The minimum absolute atomic E-state index is 0.350. The molecule has 0 saturated carbocycles. The number of rotatable bonds is 5. The van der Waals surface area contributed by atoms with Crippen molar-refractivity contribution in [3.8, 4) is 0 Å². The van der Waals surface area contributed by atoms with E-state index in [4.69, 9.17) is 16.6 Å². The quantitative estimate of drug-likeness (QED) is 0.464. The number of piperazine rings is 1. The van der Waals surface area contributed by atoms with Gasteiger partial charge in [-0.05, 0) is 11.6 Å². The van der Waals surface area contributed by atoms with E-state index in [1.54, 1.807) is 7.05 Å². The highest BCUT2D eigenvalue weighted by molar-refractivity contribution is 6.31. The zero-order valence-electron chi connectivity index (χ0n) is 19.4. The largest absolute Gasteiger partial charge is 0.332 e. The highest BCUT2D eigenvalue weighted by Gasteiger charge is 2.27. The number of benzene rings is 2. The Hall–Kier alpha value is -3.36. The molecule has 0 unspecified atom stereocenters. The summed E-state index contributed by atoms with van der Waals surface area (Å²) in [6.07, 6.45) is 0. The summed E-state index contributed by atoms with van der Waals surface area (Å²) >= 11 is 6.46. The highest BCUT2D eigenvalue weighted by atomic mass is 35.5. The first-order chi connectivity index (χ1) is 16.4. The van der Waals surface area contributed by atoms with Crippen molar-refractivity contribution in [3.63, 3.8) is 0 Å². The van der Waals surface area contributed by atoms with Gasteiger partial charge in [-0.2, -0.15) is 4.98 Å². The summed E-state index contributed by atoms with van der Waals surface area (Å²) in [6.45, 7) is 4.92. The van der Waals surface area contributed by atoms with Gasteiger partial charge in [-0.3, -0.25) is 18.5 Å². The maximum atomic E-state index is 13.2. The van der Waals surface area contributed by atoms with Crippen LogP contribution in [-0.4, -0.2) is 44.9 Å². The first kappa shape index (κ1) is 22.4. The molecule has 9 heteroatoms. The van der Waals surface area contributed by atoms with E-state index in [0.717, 1.165) is 42.9 Å². The number of hydrogen-bond acceptors (Lipinski definition) is 4. The van der Waals surface area contributed by atoms with Crippen LogP contribution in [0.5, 0.6) is 0 Å². The van der Waals surface area contributed by atoms with E-state index in [2.05, 4.69) is 29.2 Å². The first-order valence-corrected chi connectivity index (χ1v) is 11.8. The predicted octanol–water partition coefficient (Wildman–Crippen LogP) is 1.04. The van der Waals surface area contributed by atoms with Gasteiger partial charge in [0.1, 0.15) is 6.54 Å². The van der Waals surface area contributed by atoms with Gasteiger partial charge in [0.15, 0.2) is 11.2 Å². The average Bonchev–Trinajstić information content (AvgIpc) is 3.23. The molecule has 0 amide bonds. The van der Waals surface area contributed by atoms with E-state index < -0.39 is 0 Å². The molecule has 34 heavy (non-hydrogen) atoms. The van der Waals surface area contributed by atoms with E-state index >= 15 is 0 Å². The minimum Gasteiger partial charge on any atom is -0.331 e. The van der Waals surface area contributed by atoms with Gasteiger partial charge in [0.25, 0.3) is 5.56 Å². The molecule has 0 aliphatic carbocycles. The molecular weight excluding hydrogens is 452 g/mol. The summed E-state index contributed by atoms with van der Waals surface area (Å²) in [7, 11) is 3.16. The van der Waals surface area contributed by atoms with E-state index in [1.165, 1.54) is 22.1 Å². The molecule has 1 aliphatic heterocycles. The van der Waals surface area contributed by atoms with E-state index in [-0.39, 0.29) is 11.2 Å². The molecule has 176 valence electrons. The Balaban J connectivity index is 1.52. The molecule has 3 heterocycles. The number of nitrogens with zero attached hydrogens (tertiary/aromatic N) is 5. The van der Waals surface area contributed by atoms with Crippen molar-refractivity contribution in [1.29, 1.82) is 0 Å². The third-order valence-electron chi connectivity index (χ3n) is 6.66.